The molecule has 2 fully saturated rings. The topological polar surface area (TPSA) is 15.3 Å². The third-order valence-corrected chi connectivity index (χ3v) is 4.98. The van der Waals surface area contributed by atoms with Gasteiger partial charge in [-0.25, -0.2) is 0 Å². The molecule has 2 rings (SSSR count). The number of nitrogens with one attached hydrogen (secondary N) is 1. The molecule has 1 spiro atoms. The molecule has 0 amide bonds. The monoisotopic (exact) mass is 238 g/mol. The normalized spacial score (nSPS) is 26.8. The van der Waals surface area contributed by atoms with E-state index >= 15 is 0 Å². The summed E-state index contributed by atoms with van der Waals surface area (Å²) in [5, 5.41) is 3.71. The van der Waals surface area contributed by atoms with Gasteiger partial charge in [-0.15, -0.1) is 0 Å². The van der Waals surface area contributed by atoms with Gasteiger partial charge in [0, 0.05) is 12.1 Å². The van der Waals surface area contributed by atoms with Crippen LogP contribution in [-0.2, 0) is 0 Å². The summed E-state index contributed by atoms with van der Waals surface area (Å²) in [4.78, 5) is 2.61. The quantitative estimate of drug-likeness (QED) is 0.813. The summed E-state index contributed by atoms with van der Waals surface area (Å²) in [5.74, 6) is 0. The Kier molecular flexibility index (Phi) is 4.48. The highest BCUT2D eigenvalue weighted by Gasteiger charge is 2.37. The van der Waals surface area contributed by atoms with Crippen LogP contribution < -0.4 is 5.32 Å². The van der Waals surface area contributed by atoms with E-state index in [1.54, 1.807) is 0 Å². The zero-order chi connectivity index (χ0) is 12.3. The van der Waals surface area contributed by atoms with Gasteiger partial charge in [-0.2, -0.15) is 0 Å². The van der Waals surface area contributed by atoms with Gasteiger partial charge in [0.1, 0.15) is 0 Å². The maximum atomic E-state index is 3.71. The van der Waals surface area contributed by atoms with E-state index in [0.717, 1.165) is 11.5 Å². The first-order valence-corrected chi connectivity index (χ1v) is 7.62. The van der Waals surface area contributed by atoms with Gasteiger partial charge in [-0.1, -0.05) is 20.8 Å². The Morgan fingerprint density at radius 2 is 1.71 bits per heavy atom. The van der Waals surface area contributed by atoms with Crippen molar-refractivity contribution in [1.29, 1.82) is 0 Å². The molecule has 0 radical (unpaired) electrons. The highest BCUT2D eigenvalue weighted by atomic mass is 15.1. The van der Waals surface area contributed by atoms with Gasteiger partial charge in [0.05, 0.1) is 0 Å². The van der Waals surface area contributed by atoms with Crippen molar-refractivity contribution < 1.29 is 0 Å². The number of likely N-dealkylation sites (tertiary alicyclic amines) is 1. The van der Waals surface area contributed by atoms with E-state index in [2.05, 4.69) is 31.0 Å². The van der Waals surface area contributed by atoms with Crippen molar-refractivity contribution in [2.24, 2.45) is 5.41 Å². The number of hydrogen-bond acceptors (Lipinski definition) is 2. The molecule has 2 aliphatic rings. The van der Waals surface area contributed by atoms with E-state index in [0.29, 0.717) is 6.04 Å². The van der Waals surface area contributed by atoms with E-state index in [9.17, 15) is 0 Å². The molecule has 1 aliphatic carbocycles. The van der Waals surface area contributed by atoms with Crippen molar-refractivity contribution in [1.82, 2.24) is 10.2 Å². The van der Waals surface area contributed by atoms with Gasteiger partial charge in [-0.3, -0.25) is 0 Å². The summed E-state index contributed by atoms with van der Waals surface area (Å²) in [6.07, 6.45) is 8.66. The lowest BCUT2D eigenvalue weighted by Crippen LogP contribution is -2.45. The second-order valence-electron chi connectivity index (χ2n) is 6.53. The Hall–Kier alpha value is -0.0800. The molecule has 1 heterocycles. The third-order valence-electron chi connectivity index (χ3n) is 4.98. The molecule has 0 bridgehead atoms. The van der Waals surface area contributed by atoms with Crippen LogP contribution in [0.5, 0.6) is 0 Å². The average Bonchev–Trinajstić information content (AvgIpc) is 2.33. The van der Waals surface area contributed by atoms with E-state index in [4.69, 9.17) is 0 Å². The van der Waals surface area contributed by atoms with Gasteiger partial charge in [0.25, 0.3) is 0 Å². The molecule has 1 N–H and O–H groups in total. The van der Waals surface area contributed by atoms with Crippen LogP contribution in [0.2, 0.25) is 0 Å². The highest BCUT2D eigenvalue weighted by Crippen LogP contribution is 2.44. The number of hydrogen-bond donors (Lipinski definition) is 1. The van der Waals surface area contributed by atoms with Gasteiger partial charge in [0.15, 0.2) is 0 Å². The molecule has 0 aromatic rings. The lowest BCUT2D eigenvalue weighted by Gasteiger charge is -2.46. The molecule has 17 heavy (non-hydrogen) atoms. The second-order valence-corrected chi connectivity index (χ2v) is 6.53. The average molecular weight is 238 g/mol. The van der Waals surface area contributed by atoms with E-state index in [-0.39, 0.29) is 0 Å². The SMILES string of the molecule is CCN1CCC2(CCC(NC(C)C)CC2)CC1. The maximum absolute atomic E-state index is 3.71. The minimum absolute atomic E-state index is 0.649. The summed E-state index contributed by atoms with van der Waals surface area (Å²) in [6, 6.07) is 1.45. The minimum atomic E-state index is 0.649. The van der Waals surface area contributed by atoms with Gasteiger partial charge in [0.2, 0.25) is 0 Å². The molecule has 0 aromatic heterocycles. The van der Waals surface area contributed by atoms with Crippen molar-refractivity contribution in [2.45, 2.75) is 71.4 Å². The van der Waals surface area contributed by atoms with Crippen molar-refractivity contribution in [3.63, 3.8) is 0 Å². The molecule has 1 saturated carbocycles. The van der Waals surface area contributed by atoms with Crippen LogP contribution in [-0.4, -0.2) is 36.6 Å². The lowest BCUT2D eigenvalue weighted by molar-refractivity contribution is 0.0599. The fourth-order valence-electron chi connectivity index (χ4n) is 3.71. The minimum Gasteiger partial charge on any atom is -0.312 e. The Balaban J connectivity index is 1.78. The molecule has 0 aromatic carbocycles. The van der Waals surface area contributed by atoms with Gasteiger partial charge < -0.3 is 10.2 Å². The summed E-state index contributed by atoms with van der Waals surface area (Å²) >= 11 is 0. The first-order valence-electron chi connectivity index (χ1n) is 7.62. The fraction of sp³-hybridized carbons (Fsp3) is 1.00. The number of rotatable bonds is 3. The Morgan fingerprint density at radius 3 is 2.18 bits per heavy atom. The van der Waals surface area contributed by atoms with Crippen LogP contribution in [0.25, 0.3) is 0 Å². The predicted octanol–water partition coefficient (Wildman–Crippen LogP) is 3.03. The molecule has 0 unspecified atom stereocenters. The van der Waals surface area contributed by atoms with Gasteiger partial charge in [-0.05, 0) is 63.6 Å². The van der Waals surface area contributed by atoms with Crippen LogP contribution in [0.1, 0.15) is 59.3 Å². The first kappa shape index (κ1) is 13.4. The number of nitrogens with zero attached hydrogens (tertiary/aromatic N) is 1. The molecule has 1 aliphatic heterocycles. The zero-order valence-electron chi connectivity index (χ0n) is 12.0. The zero-order valence-corrected chi connectivity index (χ0v) is 12.0. The van der Waals surface area contributed by atoms with Gasteiger partial charge >= 0.3 is 0 Å². The fourth-order valence-corrected chi connectivity index (χ4v) is 3.71. The third kappa shape index (κ3) is 3.45. The first-order chi connectivity index (χ1) is 8.13. The van der Waals surface area contributed by atoms with Crippen LogP contribution in [0.4, 0.5) is 0 Å². The second kappa shape index (κ2) is 5.71. The smallest absolute Gasteiger partial charge is 0.00698 e. The largest absolute Gasteiger partial charge is 0.312 e. The Bertz CT molecular complexity index is 219. The van der Waals surface area contributed by atoms with Crippen LogP contribution in [0.3, 0.4) is 0 Å². The van der Waals surface area contributed by atoms with Crippen molar-refractivity contribution in [2.75, 3.05) is 19.6 Å². The Labute approximate surface area is 107 Å². The Morgan fingerprint density at radius 1 is 1.12 bits per heavy atom. The number of piperidine rings is 1. The van der Waals surface area contributed by atoms with Crippen LogP contribution >= 0.6 is 0 Å². The summed E-state index contributed by atoms with van der Waals surface area (Å²) in [5.41, 5.74) is 0.723. The van der Waals surface area contributed by atoms with Crippen molar-refractivity contribution >= 4 is 0 Å². The summed E-state index contributed by atoms with van der Waals surface area (Å²) in [6.45, 7) is 10.8. The molecule has 2 heteroatoms. The standard InChI is InChI=1S/C15H30N2/c1-4-17-11-9-15(10-12-17)7-5-14(6-8-15)16-13(2)3/h13-14,16H,4-12H2,1-3H3. The van der Waals surface area contributed by atoms with E-state index in [1.165, 1.54) is 58.2 Å². The lowest BCUT2D eigenvalue weighted by atomic mass is 9.67. The summed E-state index contributed by atoms with van der Waals surface area (Å²) < 4.78 is 0. The highest BCUT2D eigenvalue weighted by molar-refractivity contribution is 4.92. The molecule has 100 valence electrons. The molecule has 0 atom stereocenters. The molecule has 2 nitrogen and oxygen atoms in total. The maximum Gasteiger partial charge on any atom is 0.00698 e. The molecular formula is C15H30N2. The van der Waals surface area contributed by atoms with E-state index < -0.39 is 0 Å². The van der Waals surface area contributed by atoms with Crippen molar-refractivity contribution in [3.8, 4) is 0 Å². The van der Waals surface area contributed by atoms with E-state index in [1.807, 2.05) is 0 Å². The van der Waals surface area contributed by atoms with Crippen LogP contribution in [0, 0.1) is 5.41 Å². The van der Waals surface area contributed by atoms with Crippen LogP contribution in [0.15, 0.2) is 0 Å². The molecule has 1 saturated heterocycles. The predicted molar refractivity (Wildman–Crippen MR) is 74.3 cm³/mol. The van der Waals surface area contributed by atoms with Crippen molar-refractivity contribution in [3.05, 3.63) is 0 Å². The molecular weight excluding hydrogens is 208 g/mol. The summed E-state index contributed by atoms with van der Waals surface area (Å²) in [7, 11) is 0.